The van der Waals surface area contributed by atoms with Gasteiger partial charge in [-0.15, -0.1) is 0 Å². The van der Waals surface area contributed by atoms with E-state index in [1.54, 1.807) is 0 Å². The molecule has 2 rings (SSSR count). The lowest BCUT2D eigenvalue weighted by Crippen LogP contribution is -2.50. The highest BCUT2D eigenvalue weighted by atomic mass is 15.2. The fourth-order valence-electron chi connectivity index (χ4n) is 3.30. The van der Waals surface area contributed by atoms with Gasteiger partial charge in [0.25, 0.3) is 0 Å². The largest absolute Gasteiger partial charge is 0.327 e. The Hall–Kier alpha value is -0.0800. The Kier molecular flexibility index (Phi) is 3.68. The van der Waals surface area contributed by atoms with Gasteiger partial charge >= 0.3 is 0 Å². The molecule has 1 heterocycles. The topological polar surface area (TPSA) is 29.3 Å². The lowest BCUT2D eigenvalue weighted by atomic mass is 9.90. The smallest absolute Gasteiger partial charge is 0.00953 e. The first kappa shape index (κ1) is 11.4. The van der Waals surface area contributed by atoms with Crippen LogP contribution in [-0.4, -0.2) is 30.1 Å². The molecule has 0 aromatic carbocycles. The molecule has 0 amide bonds. The molecule has 2 nitrogen and oxygen atoms in total. The maximum absolute atomic E-state index is 6.07. The van der Waals surface area contributed by atoms with Crippen LogP contribution >= 0.6 is 0 Å². The first-order chi connectivity index (χ1) is 7.18. The zero-order valence-electron chi connectivity index (χ0n) is 10.3. The molecule has 1 aliphatic carbocycles. The van der Waals surface area contributed by atoms with Crippen molar-refractivity contribution >= 4 is 0 Å². The van der Waals surface area contributed by atoms with Crippen LogP contribution in [0.1, 0.15) is 46.0 Å². The summed E-state index contributed by atoms with van der Waals surface area (Å²) in [4.78, 5) is 2.68. The molecule has 1 aliphatic heterocycles. The molecule has 0 spiro atoms. The van der Waals surface area contributed by atoms with Crippen LogP contribution in [0.3, 0.4) is 0 Å². The van der Waals surface area contributed by atoms with E-state index in [0.717, 1.165) is 12.0 Å². The van der Waals surface area contributed by atoms with Crippen LogP contribution in [0, 0.1) is 11.8 Å². The number of rotatable bonds is 2. The zero-order valence-corrected chi connectivity index (χ0v) is 10.3. The van der Waals surface area contributed by atoms with E-state index in [-0.39, 0.29) is 0 Å². The molecular weight excluding hydrogens is 184 g/mol. The molecule has 15 heavy (non-hydrogen) atoms. The van der Waals surface area contributed by atoms with Crippen molar-refractivity contribution in [1.29, 1.82) is 0 Å². The Balaban J connectivity index is 1.87. The lowest BCUT2D eigenvalue weighted by molar-refractivity contribution is 0.0923. The summed E-state index contributed by atoms with van der Waals surface area (Å²) in [7, 11) is 0. The Morgan fingerprint density at radius 3 is 2.47 bits per heavy atom. The van der Waals surface area contributed by atoms with Gasteiger partial charge in [0.2, 0.25) is 0 Å². The third kappa shape index (κ3) is 2.54. The van der Waals surface area contributed by atoms with E-state index in [4.69, 9.17) is 5.73 Å². The summed E-state index contributed by atoms with van der Waals surface area (Å²) in [6.07, 6.45) is 7.02. The minimum absolute atomic E-state index is 0.442. The van der Waals surface area contributed by atoms with Gasteiger partial charge in [-0.3, -0.25) is 0 Å². The minimum atomic E-state index is 0.442. The molecule has 1 saturated carbocycles. The van der Waals surface area contributed by atoms with E-state index < -0.39 is 0 Å². The molecule has 2 aliphatic rings. The summed E-state index contributed by atoms with van der Waals surface area (Å²) in [5, 5.41) is 0. The second-order valence-corrected chi connectivity index (χ2v) is 5.71. The van der Waals surface area contributed by atoms with Gasteiger partial charge in [-0.2, -0.15) is 0 Å². The summed E-state index contributed by atoms with van der Waals surface area (Å²) in [6, 6.07) is 1.24. The van der Waals surface area contributed by atoms with Gasteiger partial charge in [-0.25, -0.2) is 0 Å². The van der Waals surface area contributed by atoms with Gasteiger partial charge in [0.15, 0.2) is 0 Å². The predicted octanol–water partition coefficient (Wildman–Crippen LogP) is 2.23. The molecule has 1 saturated heterocycles. The summed E-state index contributed by atoms with van der Waals surface area (Å²) in [5.74, 6) is 1.65. The summed E-state index contributed by atoms with van der Waals surface area (Å²) >= 11 is 0. The third-order valence-corrected chi connectivity index (χ3v) is 4.66. The summed E-state index contributed by atoms with van der Waals surface area (Å²) < 4.78 is 0. The SMILES string of the molecule is CC1CN(C(C)C2CCCC2)CCC1N. The van der Waals surface area contributed by atoms with Crippen LogP contribution in [0.4, 0.5) is 0 Å². The molecule has 3 atom stereocenters. The molecule has 88 valence electrons. The summed E-state index contributed by atoms with van der Waals surface area (Å²) in [5.41, 5.74) is 6.07. The molecule has 0 aromatic rings. The molecule has 2 fully saturated rings. The van der Waals surface area contributed by atoms with E-state index in [1.807, 2.05) is 0 Å². The number of hydrogen-bond donors (Lipinski definition) is 1. The van der Waals surface area contributed by atoms with Crippen molar-refractivity contribution in [2.24, 2.45) is 17.6 Å². The molecule has 0 bridgehead atoms. The minimum Gasteiger partial charge on any atom is -0.327 e. The summed E-state index contributed by atoms with van der Waals surface area (Å²) in [6.45, 7) is 7.18. The van der Waals surface area contributed by atoms with E-state index in [2.05, 4.69) is 18.7 Å². The second-order valence-electron chi connectivity index (χ2n) is 5.71. The lowest BCUT2D eigenvalue weighted by Gasteiger charge is -2.40. The Labute approximate surface area is 94.2 Å². The van der Waals surface area contributed by atoms with Crippen LogP contribution in [-0.2, 0) is 0 Å². The van der Waals surface area contributed by atoms with Gasteiger partial charge in [-0.05, 0) is 44.6 Å². The standard InChI is InChI=1S/C13H26N2/c1-10-9-15(8-7-13(10)14)11(2)12-5-3-4-6-12/h10-13H,3-9,14H2,1-2H3. The Bertz CT molecular complexity index is 199. The monoisotopic (exact) mass is 210 g/mol. The number of nitrogens with two attached hydrogens (primary N) is 1. The van der Waals surface area contributed by atoms with Gasteiger partial charge in [0.1, 0.15) is 0 Å². The fraction of sp³-hybridized carbons (Fsp3) is 1.00. The molecule has 0 aromatic heterocycles. The van der Waals surface area contributed by atoms with Crippen molar-refractivity contribution in [3.8, 4) is 0 Å². The van der Waals surface area contributed by atoms with Gasteiger partial charge in [-0.1, -0.05) is 19.8 Å². The average Bonchev–Trinajstić information content (AvgIpc) is 2.74. The number of nitrogens with zero attached hydrogens (tertiary/aromatic N) is 1. The molecule has 3 unspecified atom stereocenters. The van der Waals surface area contributed by atoms with Gasteiger partial charge < -0.3 is 10.6 Å². The molecule has 0 radical (unpaired) electrons. The highest BCUT2D eigenvalue weighted by molar-refractivity contribution is 4.86. The average molecular weight is 210 g/mol. The van der Waals surface area contributed by atoms with Crippen molar-refractivity contribution in [2.45, 2.75) is 58.0 Å². The van der Waals surface area contributed by atoms with Gasteiger partial charge in [0, 0.05) is 18.6 Å². The van der Waals surface area contributed by atoms with Crippen LogP contribution in [0.15, 0.2) is 0 Å². The predicted molar refractivity (Wildman–Crippen MR) is 64.7 cm³/mol. The Morgan fingerprint density at radius 2 is 1.87 bits per heavy atom. The highest BCUT2D eigenvalue weighted by Crippen LogP contribution is 2.31. The normalized spacial score (nSPS) is 37.0. The van der Waals surface area contributed by atoms with Gasteiger partial charge in [0.05, 0.1) is 0 Å². The number of piperidine rings is 1. The van der Waals surface area contributed by atoms with Crippen LogP contribution in [0.25, 0.3) is 0 Å². The zero-order chi connectivity index (χ0) is 10.8. The molecule has 2 N–H and O–H groups in total. The Morgan fingerprint density at radius 1 is 1.20 bits per heavy atom. The van der Waals surface area contributed by atoms with Crippen molar-refractivity contribution < 1.29 is 0 Å². The van der Waals surface area contributed by atoms with Crippen molar-refractivity contribution in [3.05, 3.63) is 0 Å². The first-order valence-electron chi connectivity index (χ1n) is 6.68. The van der Waals surface area contributed by atoms with E-state index in [9.17, 15) is 0 Å². The van der Waals surface area contributed by atoms with Crippen molar-refractivity contribution in [2.75, 3.05) is 13.1 Å². The van der Waals surface area contributed by atoms with Crippen molar-refractivity contribution in [1.82, 2.24) is 4.90 Å². The van der Waals surface area contributed by atoms with Crippen molar-refractivity contribution in [3.63, 3.8) is 0 Å². The number of likely N-dealkylation sites (tertiary alicyclic amines) is 1. The van der Waals surface area contributed by atoms with Crippen LogP contribution in [0.2, 0.25) is 0 Å². The third-order valence-electron chi connectivity index (χ3n) is 4.66. The van der Waals surface area contributed by atoms with E-state index in [1.165, 1.54) is 45.2 Å². The number of hydrogen-bond acceptors (Lipinski definition) is 2. The fourth-order valence-corrected chi connectivity index (χ4v) is 3.30. The van der Waals surface area contributed by atoms with Crippen LogP contribution < -0.4 is 5.73 Å². The highest BCUT2D eigenvalue weighted by Gasteiger charge is 2.31. The first-order valence-corrected chi connectivity index (χ1v) is 6.68. The molecular formula is C13H26N2. The van der Waals surface area contributed by atoms with Crippen LogP contribution in [0.5, 0.6) is 0 Å². The second kappa shape index (κ2) is 4.84. The van der Waals surface area contributed by atoms with E-state index in [0.29, 0.717) is 12.0 Å². The maximum Gasteiger partial charge on any atom is 0.00953 e. The maximum atomic E-state index is 6.07. The molecule has 2 heteroatoms. The quantitative estimate of drug-likeness (QED) is 0.757. The van der Waals surface area contributed by atoms with E-state index >= 15 is 0 Å².